The number of fused-ring (bicyclic) bond motifs is 1. The Bertz CT molecular complexity index is 365. The molecule has 1 heterocycles. The third-order valence-electron chi connectivity index (χ3n) is 1.45. The van der Waals surface area contributed by atoms with Crippen LogP contribution in [-0.4, -0.2) is 4.98 Å². The molecule has 1 aromatic heterocycles. The molecule has 11 heavy (non-hydrogen) atoms. The van der Waals surface area contributed by atoms with Crippen LogP contribution in [0.25, 0.3) is 12.2 Å². The van der Waals surface area contributed by atoms with Crippen molar-refractivity contribution < 1.29 is 0 Å². The minimum Gasteiger partial charge on any atom is -0.241 e. The third-order valence-corrected chi connectivity index (χ3v) is 2.38. The van der Waals surface area contributed by atoms with E-state index >= 15 is 0 Å². The van der Waals surface area contributed by atoms with E-state index in [2.05, 4.69) is 10.7 Å². The van der Waals surface area contributed by atoms with Gasteiger partial charge in [0, 0.05) is 0 Å². The Labute approximate surface area is 69.4 Å². The highest BCUT2D eigenvalue weighted by molar-refractivity contribution is 7.12. The average Bonchev–Trinajstić information content (AvgIpc) is 2.17. The summed E-state index contributed by atoms with van der Waals surface area (Å²) in [7, 11) is 0. The van der Waals surface area contributed by atoms with Crippen molar-refractivity contribution in [3.8, 4) is 0 Å². The predicted octanol–water partition coefficient (Wildman–Crippen LogP) is 2.65. The molecule has 1 nitrogen and oxygen atoms in total. The van der Waals surface area contributed by atoms with Crippen LogP contribution in [0, 0.1) is 6.92 Å². The van der Waals surface area contributed by atoms with Crippen molar-refractivity contribution in [3.05, 3.63) is 33.5 Å². The Morgan fingerprint density at radius 3 is 3.36 bits per heavy atom. The number of hydrogen-bond acceptors (Lipinski definition) is 2. The van der Waals surface area contributed by atoms with E-state index in [0.717, 1.165) is 10.7 Å². The van der Waals surface area contributed by atoms with E-state index in [-0.39, 0.29) is 0 Å². The molecule has 0 N–H and O–H groups in total. The molecule has 0 saturated heterocycles. The van der Waals surface area contributed by atoms with E-state index in [4.69, 9.17) is 0 Å². The summed E-state index contributed by atoms with van der Waals surface area (Å²) in [5, 5.41) is 1.11. The van der Waals surface area contributed by atoms with Crippen molar-refractivity contribution in [3.63, 3.8) is 0 Å². The van der Waals surface area contributed by atoms with Gasteiger partial charge in [-0.3, -0.25) is 0 Å². The lowest BCUT2D eigenvalue weighted by Gasteiger charge is -1.82. The lowest BCUT2D eigenvalue weighted by molar-refractivity contribution is 1.27. The molecule has 0 saturated carbocycles. The standard InChI is InChI=1S/C9H7NS/c1-7-10-8-5-3-2-4-6-9(8)11-7/h2-3,5-6H,1H3. The summed E-state index contributed by atoms with van der Waals surface area (Å²) in [6.45, 7) is 2.02. The molecule has 0 radical (unpaired) electrons. The maximum absolute atomic E-state index is 4.35. The zero-order valence-corrected chi connectivity index (χ0v) is 6.98. The van der Waals surface area contributed by atoms with Crippen LogP contribution in [0.3, 0.4) is 0 Å². The van der Waals surface area contributed by atoms with Gasteiger partial charge < -0.3 is 0 Å². The normalized spacial score (nSPS) is 13.2. The van der Waals surface area contributed by atoms with Crippen LogP contribution in [0.5, 0.6) is 0 Å². The number of aryl methyl sites for hydroxylation is 1. The van der Waals surface area contributed by atoms with E-state index in [1.807, 2.05) is 31.2 Å². The largest absolute Gasteiger partial charge is 0.241 e. The second-order valence-corrected chi connectivity index (χ2v) is 3.55. The molecule has 1 aromatic rings. The van der Waals surface area contributed by atoms with Crippen molar-refractivity contribution in [1.29, 1.82) is 0 Å². The van der Waals surface area contributed by atoms with E-state index in [9.17, 15) is 0 Å². The summed E-state index contributed by atoms with van der Waals surface area (Å²) in [5.74, 6) is 0. The van der Waals surface area contributed by atoms with Gasteiger partial charge >= 0.3 is 0 Å². The molecule has 54 valence electrons. The number of aromatic nitrogens is 1. The quantitative estimate of drug-likeness (QED) is 0.533. The van der Waals surface area contributed by atoms with Crippen LogP contribution in [0.1, 0.15) is 15.6 Å². The maximum atomic E-state index is 4.35. The number of rotatable bonds is 0. The highest BCUT2D eigenvalue weighted by Gasteiger charge is 2.02. The van der Waals surface area contributed by atoms with Crippen molar-refractivity contribution in [2.24, 2.45) is 0 Å². The second kappa shape index (κ2) is 2.50. The topological polar surface area (TPSA) is 12.9 Å². The molecule has 1 aliphatic carbocycles. The van der Waals surface area contributed by atoms with Gasteiger partial charge in [-0.25, -0.2) is 4.98 Å². The van der Waals surface area contributed by atoms with E-state index in [1.54, 1.807) is 11.3 Å². The summed E-state index contributed by atoms with van der Waals surface area (Å²) >= 11 is 1.70. The predicted molar refractivity (Wildman–Crippen MR) is 48.4 cm³/mol. The number of hydrogen-bond donors (Lipinski definition) is 0. The van der Waals surface area contributed by atoms with Gasteiger partial charge in [0.15, 0.2) is 0 Å². The van der Waals surface area contributed by atoms with E-state index in [1.165, 1.54) is 4.88 Å². The molecule has 0 bridgehead atoms. The molecule has 0 spiro atoms. The summed E-state index contributed by atoms with van der Waals surface area (Å²) in [4.78, 5) is 5.55. The molecule has 0 amide bonds. The van der Waals surface area contributed by atoms with Crippen LogP contribution < -0.4 is 0 Å². The minimum atomic E-state index is 1.06. The number of allylic oxidation sites excluding steroid dienone is 2. The van der Waals surface area contributed by atoms with Crippen LogP contribution in [0.15, 0.2) is 17.9 Å². The molecule has 2 rings (SSSR count). The number of thiazole rings is 1. The Kier molecular flexibility index (Phi) is 1.50. The minimum absolute atomic E-state index is 1.06. The summed E-state index contributed by atoms with van der Waals surface area (Å²) < 4.78 is 0. The van der Waals surface area contributed by atoms with Gasteiger partial charge in [0.05, 0.1) is 15.6 Å². The Morgan fingerprint density at radius 1 is 1.55 bits per heavy atom. The second-order valence-electron chi connectivity index (χ2n) is 2.32. The van der Waals surface area contributed by atoms with Crippen molar-refractivity contribution >= 4 is 23.5 Å². The first kappa shape index (κ1) is 6.59. The summed E-state index contributed by atoms with van der Waals surface area (Å²) in [6, 6.07) is 0. The van der Waals surface area contributed by atoms with E-state index < -0.39 is 0 Å². The van der Waals surface area contributed by atoms with E-state index in [0.29, 0.717) is 0 Å². The average molecular weight is 161 g/mol. The Balaban J connectivity index is 2.66. The smallest absolute Gasteiger partial charge is 0.0907 e. The first-order valence-electron chi connectivity index (χ1n) is 3.43. The monoisotopic (exact) mass is 161 g/mol. The molecule has 1 aliphatic rings. The van der Waals surface area contributed by atoms with Crippen molar-refractivity contribution in [2.45, 2.75) is 6.92 Å². The Hall–Kier alpha value is -1.11. The first-order valence-corrected chi connectivity index (χ1v) is 4.24. The van der Waals surface area contributed by atoms with Gasteiger partial charge in [-0.2, -0.15) is 0 Å². The van der Waals surface area contributed by atoms with Gasteiger partial charge in [-0.15, -0.1) is 17.1 Å². The number of nitrogens with zero attached hydrogens (tertiary/aromatic N) is 1. The van der Waals surface area contributed by atoms with Gasteiger partial charge in [-0.05, 0) is 25.2 Å². The van der Waals surface area contributed by atoms with Gasteiger partial charge in [-0.1, -0.05) is 6.08 Å². The zero-order chi connectivity index (χ0) is 7.68. The molecule has 2 heteroatoms. The molecule has 0 aromatic carbocycles. The summed E-state index contributed by atoms with van der Waals surface area (Å²) in [5.41, 5.74) is 4.11. The van der Waals surface area contributed by atoms with Crippen LogP contribution in [0.2, 0.25) is 0 Å². The van der Waals surface area contributed by atoms with Gasteiger partial charge in [0.1, 0.15) is 0 Å². The SMILES string of the molecule is Cc1nc2c(s1)C=C=CC=C2. The molecule has 0 aliphatic heterocycles. The lowest BCUT2D eigenvalue weighted by Crippen LogP contribution is -1.73. The molecule has 0 fully saturated rings. The van der Waals surface area contributed by atoms with Crippen LogP contribution in [0.4, 0.5) is 0 Å². The zero-order valence-electron chi connectivity index (χ0n) is 6.16. The Morgan fingerprint density at radius 2 is 2.45 bits per heavy atom. The third kappa shape index (κ3) is 1.18. The fraction of sp³-hybridized carbons (Fsp3) is 0.111. The van der Waals surface area contributed by atoms with Crippen molar-refractivity contribution in [2.75, 3.05) is 0 Å². The van der Waals surface area contributed by atoms with Crippen molar-refractivity contribution in [1.82, 2.24) is 4.98 Å². The van der Waals surface area contributed by atoms with Gasteiger partial charge in [0.25, 0.3) is 0 Å². The van der Waals surface area contributed by atoms with Gasteiger partial charge in [0.2, 0.25) is 0 Å². The molecular weight excluding hydrogens is 154 g/mol. The summed E-state index contributed by atoms with van der Waals surface area (Å²) in [6.07, 6.45) is 7.83. The van der Waals surface area contributed by atoms with Crippen LogP contribution >= 0.6 is 11.3 Å². The molecular formula is C9H7NS. The highest BCUT2D eigenvalue weighted by Crippen LogP contribution is 2.21. The molecule has 0 atom stereocenters. The maximum Gasteiger partial charge on any atom is 0.0907 e. The molecule has 0 unspecified atom stereocenters. The fourth-order valence-electron chi connectivity index (χ4n) is 1.00. The fourth-order valence-corrected chi connectivity index (χ4v) is 1.81. The lowest BCUT2D eigenvalue weighted by atomic mass is 10.3. The highest BCUT2D eigenvalue weighted by atomic mass is 32.1. The van der Waals surface area contributed by atoms with Crippen LogP contribution in [-0.2, 0) is 0 Å². The first-order chi connectivity index (χ1) is 5.36.